The van der Waals surface area contributed by atoms with Crippen molar-refractivity contribution in [1.82, 2.24) is 0 Å². The first-order valence-corrected chi connectivity index (χ1v) is 9.92. The van der Waals surface area contributed by atoms with Gasteiger partial charge in [0.05, 0.1) is 11.4 Å². The molecule has 0 atom stereocenters. The average molecular weight is 447 g/mol. The summed E-state index contributed by atoms with van der Waals surface area (Å²) < 4.78 is 24.1. The average Bonchev–Trinajstić information content (AvgIpc) is 2.42. The van der Waals surface area contributed by atoms with Gasteiger partial charge in [-0.05, 0) is 51.8 Å². The smallest absolute Gasteiger partial charge is 0.255 e. The number of hydrogen-bond acceptors (Lipinski definition) is 3. The Kier molecular flexibility index (Phi) is 5.41. The minimum atomic E-state index is -3.08. The van der Waals surface area contributed by atoms with E-state index in [1.54, 1.807) is 30.3 Å². The largest absolute Gasteiger partial charge is 0.321 e. The molecule has 0 aliphatic carbocycles. The van der Waals surface area contributed by atoms with Gasteiger partial charge in [0.1, 0.15) is 0 Å². The lowest BCUT2D eigenvalue weighted by Gasteiger charge is -2.08. The van der Waals surface area contributed by atoms with Crippen LogP contribution in [0.15, 0.2) is 51.4 Å². The van der Waals surface area contributed by atoms with E-state index in [9.17, 15) is 13.2 Å². The summed E-state index contributed by atoms with van der Waals surface area (Å²) in [6.45, 7) is 0. The van der Waals surface area contributed by atoms with Gasteiger partial charge in [0, 0.05) is 20.8 Å². The molecule has 116 valence electrons. The number of rotatable bonds is 4. The van der Waals surface area contributed by atoms with Crippen LogP contribution in [0.1, 0.15) is 15.9 Å². The second kappa shape index (κ2) is 6.93. The van der Waals surface area contributed by atoms with Gasteiger partial charge in [0.15, 0.2) is 9.84 Å². The van der Waals surface area contributed by atoms with Gasteiger partial charge >= 0.3 is 0 Å². The highest BCUT2D eigenvalue weighted by molar-refractivity contribution is 9.11. The maximum atomic E-state index is 12.2. The third-order valence-electron chi connectivity index (χ3n) is 2.82. The van der Waals surface area contributed by atoms with Crippen LogP contribution in [0, 0.1) is 0 Å². The van der Waals surface area contributed by atoms with Gasteiger partial charge in [-0.3, -0.25) is 4.79 Å². The Bertz CT molecular complexity index is 802. The first-order chi connectivity index (χ1) is 10.2. The van der Waals surface area contributed by atoms with Crippen LogP contribution >= 0.6 is 31.9 Å². The molecule has 2 rings (SSSR count). The summed E-state index contributed by atoms with van der Waals surface area (Å²) in [6, 6.07) is 12.0. The van der Waals surface area contributed by atoms with E-state index in [-0.39, 0.29) is 11.7 Å². The summed E-state index contributed by atoms with van der Waals surface area (Å²) in [7, 11) is -3.08. The fourth-order valence-corrected chi connectivity index (χ4v) is 3.35. The molecule has 0 aliphatic rings. The number of sulfone groups is 1. The Hall–Kier alpha value is -1.18. The molecule has 0 bridgehead atoms. The van der Waals surface area contributed by atoms with Crippen molar-refractivity contribution in [3.05, 3.63) is 62.5 Å². The van der Waals surface area contributed by atoms with Crippen molar-refractivity contribution in [3.63, 3.8) is 0 Å². The van der Waals surface area contributed by atoms with E-state index >= 15 is 0 Å². The molecule has 0 saturated heterocycles. The quantitative estimate of drug-likeness (QED) is 0.771. The normalized spacial score (nSPS) is 11.2. The van der Waals surface area contributed by atoms with Crippen LogP contribution in [0.25, 0.3) is 0 Å². The van der Waals surface area contributed by atoms with Crippen molar-refractivity contribution in [2.75, 3.05) is 11.6 Å². The predicted molar refractivity (Wildman–Crippen MR) is 94.8 cm³/mol. The molecular weight excluding hydrogens is 434 g/mol. The zero-order valence-corrected chi connectivity index (χ0v) is 15.6. The summed E-state index contributed by atoms with van der Waals surface area (Å²) in [5.41, 5.74) is 1.77. The topological polar surface area (TPSA) is 63.2 Å². The number of nitrogens with one attached hydrogen (secondary N) is 1. The van der Waals surface area contributed by atoms with Crippen LogP contribution in [0.4, 0.5) is 5.69 Å². The molecule has 0 unspecified atom stereocenters. The SMILES string of the molecule is CS(=O)(=O)Cc1ccc(C(=O)Nc2cc(Br)ccc2Br)cc1. The zero-order chi connectivity index (χ0) is 16.3. The second-order valence-corrected chi connectivity index (χ2v) is 8.76. The van der Waals surface area contributed by atoms with E-state index in [1.807, 2.05) is 12.1 Å². The van der Waals surface area contributed by atoms with E-state index in [0.29, 0.717) is 16.8 Å². The molecule has 4 nitrogen and oxygen atoms in total. The Balaban J connectivity index is 2.15. The highest BCUT2D eigenvalue weighted by Gasteiger charge is 2.10. The first kappa shape index (κ1) is 17.2. The maximum absolute atomic E-state index is 12.2. The van der Waals surface area contributed by atoms with Crippen molar-refractivity contribution in [1.29, 1.82) is 0 Å². The van der Waals surface area contributed by atoms with Gasteiger partial charge in [0.25, 0.3) is 5.91 Å². The van der Waals surface area contributed by atoms with Crippen molar-refractivity contribution in [2.24, 2.45) is 0 Å². The predicted octanol–water partition coefficient (Wildman–Crippen LogP) is 4.01. The molecule has 1 amide bonds. The number of benzene rings is 2. The highest BCUT2D eigenvalue weighted by Crippen LogP contribution is 2.26. The number of hydrogen-bond donors (Lipinski definition) is 1. The Morgan fingerprint density at radius 2 is 1.73 bits per heavy atom. The summed E-state index contributed by atoms with van der Waals surface area (Å²) in [5.74, 6) is -0.295. The van der Waals surface area contributed by atoms with Crippen molar-refractivity contribution in [3.8, 4) is 0 Å². The Morgan fingerprint density at radius 1 is 1.09 bits per heavy atom. The number of halogens is 2. The molecule has 0 aliphatic heterocycles. The van der Waals surface area contributed by atoms with E-state index in [0.717, 1.165) is 8.95 Å². The molecule has 1 N–H and O–H groups in total. The third-order valence-corrected chi connectivity index (χ3v) is 4.86. The molecule has 7 heteroatoms. The van der Waals surface area contributed by atoms with E-state index in [1.165, 1.54) is 6.26 Å². The van der Waals surface area contributed by atoms with Gasteiger partial charge in [-0.25, -0.2) is 8.42 Å². The summed E-state index contributed by atoms with van der Waals surface area (Å²) in [6.07, 6.45) is 1.18. The van der Waals surface area contributed by atoms with Crippen LogP contribution in [-0.4, -0.2) is 20.6 Å². The number of amides is 1. The molecule has 0 heterocycles. The summed E-state index contributed by atoms with van der Waals surface area (Å²) in [4.78, 5) is 12.2. The van der Waals surface area contributed by atoms with Gasteiger partial charge in [-0.15, -0.1) is 0 Å². The highest BCUT2D eigenvalue weighted by atomic mass is 79.9. The standard InChI is InChI=1S/C15H13Br2NO3S/c1-22(20,21)9-10-2-4-11(5-3-10)15(19)18-14-8-12(16)6-7-13(14)17/h2-8H,9H2,1H3,(H,18,19). The molecule has 22 heavy (non-hydrogen) atoms. The lowest BCUT2D eigenvalue weighted by molar-refractivity contribution is 0.102. The van der Waals surface area contributed by atoms with Gasteiger partial charge < -0.3 is 5.32 Å². The van der Waals surface area contributed by atoms with E-state index in [4.69, 9.17) is 0 Å². The Labute approximate surface area is 146 Å². The minimum absolute atomic E-state index is 0.0356. The minimum Gasteiger partial charge on any atom is -0.321 e. The lowest BCUT2D eigenvalue weighted by atomic mass is 10.1. The van der Waals surface area contributed by atoms with Crippen LogP contribution in [0.2, 0.25) is 0 Å². The second-order valence-electron chi connectivity index (χ2n) is 4.85. The summed E-state index contributed by atoms with van der Waals surface area (Å²) in [5, 5.41) is 2.80. The van der Waals surface area contributed by atoms with Crippen molar-refractivity contribution in [2.45, 2.75) is 5.75 Å². The van der Waals surface area contributed by atoms with Crippen molar-refractivity contribution >= 4 is 53.3 Å². The lowest BCUT2D eigenvalue weighted by Crippen LogP contribution is -2.12. The molecule has 0 spiro atoms. The molecule has 2 aromatic carbocycles. The van der Waals surface area contributed by atoms with Crippen molar-refractivity contribution < 1.29 is 13.2 Å². The summed E-state index contributed by atoms with van der Waals surface area (Å²) >= 11 is 6.72. The van der Waals surface area contributed by atoms with E-state index in [2.05, 4.69) is 37.2 Å². The van der Waals surface area contributed by atoms with Gasteiger partial charge in [-0.2, -0.15) is 0 Å². The maximum Gasteiger partial charge on any atom is 0.255 e. The zero-order valence-electron chi connectivity index (χ0n) is 11.6. The molecule has 0 fully saturated rings. The number of carbonyl (C=O) groups is 1. The van der Waals surface area contributed by atoms with Crippen LogP contribution in [-0.2, 0) is 15.6 Å². The van der Waals surface area contributed by atoms with E-state index < -0.39 is 9.84 Å². The fourth-order valence-electron chi connectivity index (χ4n) is 1.84. The van der Waals surface area contributed by atoms with Crippen LogP contribution < -0.4 is 5.32 Å². The fraction of sp³-hybridized carbons (Fsp3) is 0.133. The number of anilines is 1. The molecular formula is C15H13Br2NO3S. The monoisotopic (exact) mass is 445 g/mol. The number of carbonyl (C=O) groups excluding carboxylic acids is 1. The molecule has 0 radical (unpaired) electrons. The molecule has 0 aromatic heterocycles. The van der Waals surface area contributed by atoms with Gasteiger partial charge in [-0.1, -0.05) is 28.1 Å². The van der Waals surface area contributed by atoms with Gasteiger partial charge in [0.2, 0.25) is 0 Å². The molecule has 2 aromatic rings. The Morgan fingerprint density at radius 3 is 2.32 bits per heavy atom. The van der Waals surface area contributed by atoms with Crippen LogP contribution in [0.5, 0.6) is 0 Å². The first-order valence-electron chi connectivity index (χ1n) is 6.28. The third kappa shape index (κ3) is 4.93. The van der Waals surface area contributed by atoms with Crippen LogP contribution in [0.3, 0.4) is 0 Å². The molecule has 0 saturated carbocycles.